The summed E-state index contributed by atoms with van der Waals surface area (Å²) >= 11 is 0. The van der Waals surface area contributed by atoms with Gasteiger partial charge in [0.2, 0.25) is 0 Å². The molecule has 0 radical (unpaired) electrons. The SMILES string of the molecule is Cc1cc(C(F)F)c(=O)[nH]c1O. The Labute approximate surface area is 66.7 Å². The Kier molecular flexibility index (Phi) is 2.12. The smallest absolute Gasteiger partial charge is 0.269 e. The highest BCUT2D eigenvalue weighted by atomic mass is 19.3. The van der Waals surface area contributed by atoms with Gasteiger partial charge >= 0.3 is 0 Å². The molecule has 0 saturated heterocycles. The van der Waals surface area contributed by atoms with Gasteiger partial charge in [-0.25, -0.2) is 8.78 Å². The number of pyridine rings is 1. The van der Waals surface area contributed by atoms with E-state index >= 15 is 0 Å². The van der Waals surface area contributed by atoms with Crippen LogP contribution in [0.25, 0.3) is 0 Å². The zero-order valence-electron chi connectivity index (χ0n) is 6.27. The highest BCUT2D eigenvalue weighted by Crippen LogP contribution is 2.18. The molecule has 0 unspecified atom stereocenters. The van der Waals surface area contributed by atoms with E-state index in [1.54, 1.807) is 0 Å². The van der Waals surface area contributed by atoms with E-state index in [9.17, 15) is 13.6 Å². The summed E-state index contributed by atoms with van der Waals surface area (Å²) in [5, 5.41) is 8.91. The Morgan fingerprint density at radius 1 is 1.58 bits per heavy atom. The van der Waals surface area contributed by atoms with Crippen LogP contribution >= 0.6 is 0 Å². The van der Waals surface area contributed by atoms with Gasteiger partial charge in [0.15, 0.2) is 5.88 Å². The molecule has 0 bridgehead atoms. The fraction of sp³-hybridized carbons (Fsp3) is 0.286. The van der Waals surface area contributed by atoms with E-state index in [2.05, 4.69) is 0 Å². The maximum absolute atomic E-state index is 12.0. The van der Waals surface area contributed by atoms with Crippen LogP contribution in [-0.2, 0) is 0 Å². The third-order valence-electron chi connectivity index (χ3n) is 1.47. The van der Waals surface area contributed by atoms with Crippen molar-refractivity contribution in [2.75, 3.05) is 0 Å². The van der Waals surface area contributed by atoms with Crippen molar-refractivity contribution >= 4 is 0 Å². The van der Waals surface area contributed by atoms with Crippen LogP contribution in [0.3, 0.4) is 0 Å². The lowest BCUT2D eigenvalue weighted by molar-refractivity contribution is 0.149. The molecule has 66 valence electrons. The zero-order chi connectivity index (χ0) is 9.30. The molecule has 1 heterocycles. The van der Waals surface area contributed by atoms with Gasteiger partial charge < -0.3 is 5.11 Å². The number of hydrogen-bond acceptors (Lipinski definition) is 2. The standard InChI is InChI=1S/C7H7F2NO2/c1-3-2-4(5(8)9)7(12)10-6(3)11/h2,5H,1H3,(H2,10,11,12). The van der Waals surface area contributed by atoms with Gasteiger partial charge in [0.05, 0.1) is 5.56 Å². The second-order valence-electron chi connectivity index (χ2n) is 2.39. The van der Waals surface area contributed by atoms with E-state index < -0.39 is 17.5 Å². The molecule has 1 rings (SSSR count). The molecular weight excluding hydrogens is 168 g/mol. The van der Waals surface area contributed by atoms with Gasteiger partial charge in [-0.2, -0.15) is 0 Å². The molecule has 0 aliphatic heterocycles. The van der Waals surface area contributed by atoms with Crippen LogP contribution in [0.15, 0.2) is 10.9 Å². The van der Waals surface area contributed by atoms with Crippen LogP contribution in [0, 0.1) is 6.92 Å². The van der Waals surface area contributed by atoms with Crippen molar-refractivity contribution < 1.29 is 13.9 Å². The summed E-state index contributed by atoms with van der Waals surface area (Å²) in [4.78, 5) is 12.6. The van der Waals surface area contributed by atoms with Gasteiger partial charge in [-0.1, -0.05) is 0 Å². The van der Waals surface area contributed by atoms with E-state index in [0.717, 1.165) is 6.07 Å². The molecule has 0 aromatic carbocycles. The highest BCUT2D eigenvalue weighted by Gasteiger charge is 2.13. The van der Waals surface area contributed by atoms with Gasteiger partial charge in [-0.3, -0.25) is 9.78 Å². The average molecular weight is 175 g/mol. The minimum absolute atomic E-state index is 0.227. The number of halogens is 2. The van der Waals surface area contributed by atoms with Crippen LogP contribution in [0.1, 0.15) is 17.6 Å². The van der Waals surface area contributed by atoms with Gasteiger partial charge in [-0.15, -0.1) is 0 Å². The second kappa shape index (κ2) is 2.92. The van der Waals surface area contributed by atoms with Gasteiger partial charge in [0.1, 0.15) is 0 Å². The number of aryl methyl sites for hydroxylation is 1. The number of hydrogen-bond donors (Lipinski definition) is 2. The molecule has 0 aliphatic rings. The van der Waals surface area contributed by atoms with Crippen LogP contribution in [0.4, 0.5) is 8.78 Å². The van der Waals surface area contributed by atoms with Crippen molar-refractivity contribution in [1.82, 2.24) is 4.98 Å². The van der Waals surface area contributed by atoms with Crippen molar-refractivity contribution in [3.63, 3.8) is 0 Å². The number of aromatic amines is 1. The quantitative estimate of drug-likeness (QED) is 0.676. The van der Waals surface area contributed by atoms with Crippen LogP contribution in [0.5, 0.6) is 5.88 Å². The second-order valence-corrected chi connectivity index (χ2v) is 2.39. The first-order valence-electron chi connectivity index (χ1n) is 3.23. The zero-order valence-corrected chi connectivity index (χ0v) is 6.27. The first-order valence-corrected chi connectivity index (χ1v) is 3.23. The molecule has 3 nitrogen and oxygen atoms in total. The summed E-state index contributed by atoms with van der Waals surface area (Å²) in [6, 6.07) is 0.971. The van der Waals surface area contributed by atoms with E-state index in [-0.39, 0.29) is 11.4 Å². The average Bonchev–Trinajstić information content (AvgIpc) is 1.96. The monoisotopic (exact) mass is 175 g/mol. The number of H-pyrrole nitrogens is 1. The van der Waals surface area contributed by atoms with E-state index in [1.807, 2.05) is 4.98 Å². The molecule has 0 fully saturated rings. The lowest BCUT2D eigenvalue weighted by atomic mass is 10.2. The molecule has 0 atom stereocenters. The lowest BCUT2D eigenvalue weighted by Crippen LogP contribution is -2.12. The molecule has 2 N–H and O–H groups in total. The fourth-order valence-corrected chi connectivity index (χ4v) is 0.808. The minimum atomic E-state index is -2.81. The Morgan fingerprint density at radius 3 is 2.67 bits per heavy atom. The third kappa shape index (κ3) is 1.44. The van der Waals surface area contributed by atoms with Crippen molar-refractivity contribution in [2.45, 2.75) is 13.3 Å². The first kappa shape index (κ1) is 8.70. The molecule has 0 aliphatic carbocycles. The maximum Gasteiger partial charge on any atom is 0.269 e. The number of alkyl halides is 2. The Balaban J connectivity index is 3.33. The molecule has 0 spiro atoms. The molecule has 1 aromatic rings. The van der Waals surface area contributed by atoms with Crippen molar-refractivity contribution in [3.8, 4) is 5.88 Å². The van der Waals surface area contributed by atoms with Crippen LogP contribution in [0.2, 0.25) is 0 Å². The van der Waals surface area contributed by atoms with Gasteiger partial charge in [0.25, 0.3) is 12.0 Å². The van der Waals surface area contributed by atoms with Crippen molar-refractivity contribution in [3.05, 3.63) is 27.5 Å². The molecule has 0 amide bonds. The summed E-state index contributed by atoms with van der Waals surface area (Å²) in [5.41, 5.74) is -1.34. The normalized spacial score (nSPS) is 10.7. The first-order chi connectivity index (χ1) is 5.52. The lowest BCUT2D eigenvalue weighted by Gasteiger charge is -2.01. The topological polar surface area (TPSA) is 53.1 Å². The summed E-state index contributed by atoms with van der Waals surface area (Å²) < 4.78 is 24.1. The van der Waals surface area contributed by atoms with Gasteiger partial charge in [0, 0.05) is 5.56 Å². The number of aromatic nitrogens is 1. The fourth-order valence-electron chi connectivity index (χ4n) is 0.808. The van der Waals surface area contributed by atoms with E-state index in [4.69, 9.17) is 5.11 Å². The van der Waals surface area contributed by atoms with Crippen molar-refractivity contribution in [1.29, 1.82) is 0 Å². The van der Waals surface area contributed by atoms with Crippen LogP contribution < -0.4 is 5.56 Å². The summed E-state index contributed by atoms with van der Waals surface area (Å²) in [7, 11) is 0. The molecular formula is C7H7F2NO2. The summed E-state index contributed by atoms with van der Waals surface area (Å²) in [6.07, 6.45) is -2.81. The summed E-state index contributed by atoms with van der Waals surface area (Å²) in [6.45, 7) is 1.43. The number of aromatic hydroxyl groups is 1. The highest BCUT2D eigenvalue weighted by molar-refractivity contribution is 5.27. The maximum atomic E-state index is 12.0. The summed E-state index contributed by atoms with van der Waals surface area (Å²) in [5.74, 6) is -0.371. The van der Waals surface area contributed by atoms with Crippen molar-refractivity contribution in [2.24, 2.45) is 0 Å². The Hall–Kier alpha value is -1.39. The molecule has 12 heavy (non-hydrogen) atoms. The molecule has 5 heteroatoms. The predicted octanol–water partition coefficient (Wildman–Crippen LogP) is 1.33. The Bertz CT molecular complexity index is 346. The minimum Gasteiger partial charge on any atom is -0.494 e. The third-order valence-corrected chi connectivity index (χ3v) is 1.47. The Morgan fingerprint density at radius 2 is 2.17 bits per heavy atom. The number of rotatable bonds is 1. The number of nitrogens with one attached hydrogen (secondary N) is 1. The van der Waals surface area contributed by atoms with E-state index in [0.29, 0.717) is 0 Å². The molecule has 0 saturated carbocycles. The van der Waals surface area contributed by atoms with Crippen LogP contribution in [-0.4, -0.2) is 10.1 Å². The largest absolute Gasteiger partial charge is 0.494 e. The van der Waals surface area contributed by atoms with E-state index in [1.165, 1.54) is 6.92 Å². The molecule has 1 aromatic heterocycles. The predicted molar refractivity (Wildman–Crippen MR) is 38.4 cm³/mol. The van der Waals surface area contributed by atoms with Gasteiger partial charge in [-0.05, 0) is 13.0 Å².